The molecule has 0 saturated carbocycles. The van der Waals surface area contributed by atoms with E-state index in [0.717, 1.165) is 57.8 Å². The summed E-state index contributed by atoms with van der Waals surface area (Å²) in [6.07, 6.45) is 68.1. The van der Waals surface area contributed by atoms with Gasteiger partial charge in [0.2, 0.25) is 5.91 Å². The predicted octanol–water partition coefficient (Wildman–Crippen LogP) is 18.9. The first-order chi connectivity index (χ1) is 33.0. The van der Waals surface area contributed by atoms with E-state index in [1.54, 1.807) is 6.08 Å². The number of aliphatic hydroxyl groups excluding tert-OH is 2. The zero-order valence-corrected chi connectivity index (χ0v) is 45.4. The van der Waals surface area contributed by atoms with Gasteiger partial charge in [0.15, 0.2) is 0 Å². The zero-order valence-electron chi connectivity index (χ0n) is 45.4. The molecule has 0 rings (SSSR count). The van der Waals surface area contributed by atoms with Crippen LogP contribution in [0.2, 0.25) is 0 Å². The van der Waals surface area contributed by atoms with Gasteiger partial charge < -0.3 is 20.3 Å². The number of carbonyl (C=O) groups is 2. The van der Waals surface area contributed by atoms with Crippen molar-refractivity contribution in [1.29, 1.82) is 0 Å². The number of ether oxygens (including phenoxy) is 1. The highest BCUT2D eigenvalue weighted by Crippen LogP contribution is 2.18. The predicted molar refractivity (Wildman–Crippen MR) is 292 cm³/mol. The summed E-state index contributed by atoms with van der Waals surface area (Å²) in [4.78, 5) is 24.6. The molecule has 3 N–H and O–H groups in total. The molecule has 0 aliphatic carbocycles. The molecule has 0 heterocycles. The maximum absolute atomic E-state index is 12.5. The number of rotatable bonds is 57. The van der Waals surface area contributed by atoms with Crippen LogP contribution in [0.5, 0.6) is 0 Å². The standard InChI is InChI=1S/C61H119NO5/c1-3-5-7-9-11-13-15-17-19-21-22-23-24-25-26-29-33-37-41-45-49-53-59(64)58(57-63)62-60(65)54-50-46-42-38-34-30-28-32-36-40-44-48-52-56-67-61(66)55-51-47-43-39-35-31-27-20-18-16-14-12-10-8-6-4-2/h49,53,58-59,63-64H,3-48,50-52,54-57H2,1-2H3,(H,62,65)/b53-49+. The van der Waals surface area contributed by atoms with Crippen LogP contribution in [0.15, 0.2) is 12.2 Å². The number of amides is 1. The smallest absolute Gasteiger partial charge is 0.305 e. The molecule has 2 unspecified atom stereocenters. The van der Waals surface area contributed by atoms with Gasteiger partial charge in [0, 0.05) is 12.8 Å². The highest BCUT2D eigenvalue weighted by molar-refractivity contribution is 5.76. The van der Waals surface area contributed by atoms with E-state index in [0.29, 0.717) is 19.4 Å². The molecule has 0 bridgehead atoms. The molecule has 0 aliphatic heterocycles. The van der Waals surface area contributed by atoms with Gasteiger partial charge in [-0.2, -0.15) is 0 Å². The van der Waals surface area contributed by atoms with E-state index in [4.69, 9.17) is 4.74 Å². The summed E-state index contributed by atoms with van der Waals surface area (Å²) in [6.45, 7) is 4.91. The third kappa shape index (κ3) is 53.8. The molecule has 0 aliphatic rings. The molecule has 0 aromatic rings. The molecule has 0 spiro atoms. The van der Waals surface area contributed by atoms with Crippen LogP contribution in [0.3, 0.4) is 0 Å². The van der Waals surface area contributed by atoms with Crippen LogP contribution in [0.4, 0.5) is 0 Å². The molecule has 0 aromatic carbocycles. The zero-order chi connectivity index (χ0) is 48.6. The first-order valence-corrected chi connectivity index (χ1v) is 30.5. The van der Waals surface area contributed by atoms with Crippen LogP contribution in [0, 0.1) is 0 Å². The van der Waals surface area contributed by atoms with Crippen LogP contribution in [0.1, 0.15) is 341 Å². The van der Waals surface area contributed by atoms with Crippen molar-refractivity contribution in [2.24, 2.45) is 0 Å². The Bertz CT molecular complexity index is 1000. The molecule has 0 aromatic heterocycles. The Morgan fingerprint density at radius 2 is 0.687 bits per heavy atom. The Balaban J connectivity index is 3.46. The van der Waals surface area contributed by atoms with Crippen LogP contribution < -0.4 is 5.32 Å². The first kappa shape index (κ1) is 65.6. The maximum Gasteiger partial charge on any atom is 0.305 e. The minimum atomic E-state index is -0.853. The summed E-state index contributed by atoms with van der Waals surface area (Å²) in [5.41, 5.74) is 0. The lowest BCUT2D eigenvalue weighted by Gasteiger charge is -2.20. The van der Waals surface area contributed by atoms with Crippen LogP contribution in [-0.2, 0) is 14.3 Å². The quantitative estimate of drug-likeness (QED) is 0.0321. The number of esters is 1. The largest absolute Gasteiger partial charge is 0.466 e. The van der Waals surface area contributed by atoms with Crippen molar-refractivity contribution < 1.29 is 24.5 Å². The fraction of sp³-hybridized carbons (Fsp3) is 0.934. The van der Waals surface area contributed by atoms with Gasteiger partial charge in [0.05, 0.1) is 25.4 Å². The number of aliphatic hydroxyl groups is 2. The summed E-state index contributed by atoms with van der Waals surface area (Å²) in [5.74, 6) is -0.0792. The number of hydrogen-bond acceptors (Lipinski definition) is 5. The molecule has 6 nitrogen and oxygen atoms in total. The topological polar surface area (TPSA) is 95.9 Å². The number of carbonyl (C=O) groups excluding carboxylic acids is 2. The van der Waals surface area contributed by atoms with E-state index >= 15 is 0 Å². The highest BCUT2D eigenvalue weighted by Gasteiger charge is 2.18. The normalized spacial score (nSPS) is 12.6. The second-order valence-electron chi connectivity index (χ2n) is 21.0. The Morgan fingerprint density at radius 3 is 1.01 bits per heavy atom. The lowest BCUT2D eigenvalue weighted by atomic mass is 10.0. The molecule has 0 fully saturated rings. The molecular formula is C61H119NO5. The van der Waals surface area contributed by atoms with Gasteiger partial charge in [0.25, 0.3) is 0 Å². The third-order valence-corrected chi connectivity index (χ3v) is 14.3. The Kier molecular flexibility index (Phi) is 56.0. The van der Waals surface area contributed by atoms with Gasteiger partial charge in [-0.25, -0.2) is 0 Å². The average molecular weight is 947 g/mol. The fourth-order valence-electron chi connectivity index (χ4n) is 9.64. The number of hydrogen-bond donors (Lipinski definition) is 3. The maximum atomic E-state index is 12.5. The van der Waals surface area contributed by atoms with Gasteiger partial charge >= 0.3 is 5.97 Å². The first-order valence-electron chi connectivity index (χ1n) is 30.5. The second-order valence-corrected chi connectivity index (χ2v) is 21.0. The summed E-state index contributed by atoms with van der Waals surface area (Å²) in [7, 11) is 0. The third-order valence-electron chi connectivity index (χ3n) is 14.3. The van der Waals surface area contributed by atoms with Crippen molar-refractivity contribution >= 4 is 11.9 Å². The Morgan fingerprint density at radius 1 is 0.403 bits per heavy atom. The summed E-state index contributed by atoms with van der Waals surface area (Å²) in [6, 6.07) is -0.637. The van der Waals surface area contributed by atoms with Crippen molar-refractivity contribution in [3.63, 3.8) is 0 Å². The molecule has 1 amide bonds. The van der Waals surface area contributed by atoms with Crippen molar-refractivity contribution in [2.45, 2.75) is 353 Å². The van der Waals surface area contributed by atoms with E-state index in [9.17, 15) is 19.8 Å². The molecule has 67 heavy (non-hydrogen) atoms. The highest BCUT2D eigenvalue weighted by atomic mass is 16.5. The number of allylic oxidation sites excluding steroid dienone is 1. The lowest BCUT2D eigenvalue weighted by Crippen LogP contribution is -2.45. The van der Waals surface area contributed by atoms with E-state index in [-0.39, 0.29) is 18.5 Å². The lowest BCUT2D eigenvalue weighted by molar-refractivity contribution is -0.143. The van der Waals surface area contributed by atoms with Gasteiger partial charge in [-0.3, -0.25) is 9.59 Å². The van der Waals surface area contributed by atoms with Crippen molar-refractivity contribution in [3.8, 4) is 0 Å². The Labute approximate surface area is 419 Å². The average Bonchev–Trinajstić information content (AvgIpc) is 3.33. The minimum absolute atomic E-state index is 0.00239. The molecule has 0 radical (unpaired) electrons. The molecule has 0 saturated heterocycles. The summed E-state index contributed by atoms with van der Waals surface area (Å²) in [5, 5.41) is 23.2. The fourth-order valence-corrected chi connectivity index (χ4v) is 9.64. The summed E-state index contributed by atoms with van der Waals surface area (Å²) >= 11 is 0. The van der Waals surface area contributed by atoms with Crippen LogP contribution >= 0.6 is 0 Å². The van der Waals surface area contributed by atoms with E-state index in [1.165, 1.54) is 257 Å². The van der Waals surface area contributed by atoms with Gasteiger partial charge in [-0.15, -0.1) is 0 Å². The van der Waals surface area contributed by atoms with Crippen LogP contribution in [-0.4, -0.2) is 47.4 Å². The summed E-state index contributed by atoms with van der Waals surface area (Å²) < 4.78 is 5.48. The van der Waals surface area contributed by atoms with Gasteiger partial charge in [-0.1, -0.05) is 309 Å². The Hall–Kier alpha value is -1.40. The van der Waals surface area contributed by atoms with E-state index < -0.39 is 12.1 Å². The minimum Gasteiger partial charge on any atom is -0.466 e. The van der Waals surface area contributed by atoms with Crippen molar-refractivity contribution in [3.05, 3.63) is 12.2 Å². The molecule has 398 valence electrons. The van der Waals surface area contributed by atoms with E-state index in [1.807, 2.05) is 6.08 Å². The molecule has 6 heteroatoms. The van der Waals surface area contributed by atoms with Gasteiger partial charge in [-0.05, 0) is 32.1 Å². The molecule has 2 atom stereocenters. The monoisotopic (exact) mass is 946 g/mol. The second kappa shape index (κ2) is 57.2. The van der Waals surface area contributed by atoms with Crippen molar-refractivity contribution in [1.82, 2.24) is 5.32 Å². The van der Waals surface area contributed by atoms with Crippen molar-refractivity contribution in [2.75, 3.05) is 13.2 Å². The number of unbranched alkanes of at least 4 members (excludes halogenated alkanes) is 46. The van der Waals surface area contributed by atoms with E-state index in [2.05, 4.69) is 19.2 Å². The SMILES string of the molecule is CCCCCCCCCCCCCCCCCCCCC/C=C/C(O)C(CO)NC(=O)CCCCCCCCCCCCCCCOC(=O)CCCCCCCCCCCCCCCCCC. The van der Waals surface area contributed by atoms with Gasteiger partial charge in [0.1, 0.15) is 0 Å². The molecular weight excluding hydrogens is 827 g/mol. The van der Waals surface area contributed by atoms with Crippen LogP contribution in [0.25, 0.3) is 0 Å². The number of nitrogens with one attached hydrogen (secondary N) is 1.